The monoisotopic (exact) mass is 305 g/mol. The molecule has 110 valence electrons. The number of carbonyl (C=O) groups excluding carboxylic acids is 1. The van der Waals surface area contributed by atoms with Crippen LogP contribution in [0, 0.1) is 0 Å². The van der Waals surface area contributed by atoms with Crippen LogP contribution in [0.4, 0.5) is 11.5 Å². The molecular weight excluding hydrogens is 290 g/mol. The van der Waals surface area contributed by atoms with Crippen molar-refractivity contribution in [2.75, 3.05) is 24.3 Å². The Balaban J connectivity index is 2.22. The normalized spacial score (nSPS) is 10.0. The second kappa shape index (κ2) is 6.95. The van der Waals surface area contributed by atoms with Gasteiger partial charge in [0.25, 0.3) is 5.91 Å². The first-order chi connectivity index (χ1) is 10.2. The number of halogens is 1. The van der Waals surface area contributed by atoms with Crippen molar-refractivity contribution in [1.29, 1.82) is 0 Å². The summed E-state index contributed by atoms with van der Waals surface area (Å²) in [5.41, 5.74) is 1.08. The van der Waals surface area contributed by atoms with Gasteiger partial charge in [-0.15, -0.1) is 0 Å². The molecule has 6 heteroatoms. The maximum atomic E-state index is 12.3. The molecule has 0 atom stereocenters. The van der Waals surface area contributed by atoms with Gasteiger partial charge in [0, 0.05) is 24.5 Å². The highest BCUT2D eigenvalue weighted by Crippen LogP contribution is 2.27. The predicted octanol–water partition coefficient (Wildman–Crippen LogP) is 3.43. The molecule has 1 aromatic heterocycles. The topological polar surface area (TPSA) is 63.2 Å². The Labute approximate surface area is 128 Å². The quantitative estimate of drug-likeness (QED) is 0.888. The van der Waals surface area contributed by atoms with E-state index in [2.05, 4.69) is 15.6 Å². The molecule has 1 amide bonds. The van der Waals surface area contributed by atoms with Crippen molar-refractivity contribution >= 4 is 29.0 Å². The molecule has 1 heterocycles. The van der Waals surface area contributed by atoms with Gasteiger partial charge in [-0.3, -0.25) is 4.79 Å². The van der Waals surface area contributed by atoms with Gasteiger partial charge in [0.15, 0.2) is 0 Å². The van der Waals surface area contributed by atoms with E-state index in [1.807, 2.05) is 6.92 Å². The van der Waals surface area contributed by atoms with E-state index in [-0.39, 0.29) is 5.91 Å². The molecular formula is C15H16ClN3O2. The van der Waals surface area contributed by atoms with Gasteiger partial charge in [-0.2, -0.15) is 0 Å². The zero-order valence-electron chi connectivity index (χ0n) is 11.8. The fraction of sp³-hybridized carbons (Fsp3) is 0.200. The lowest BCUT2D eigenvalue weighted by atomic mass is 10.2. The van der Waals surface area contributed by atoms with Gasteiger partial charge in [-0.25, -0.2) is 4.98 Å². The van der Waals surface area contributed by atoms with Gasteiger partial charge in [0.1, 0.15) is 11.6 Å². The summed E-state index contributed by atoms with van der Waals surface area (Å²) in [4.78, 5) is 16.5. The Morgan fingerprint density at radius 3 is 2.90 bits per heavy atom. The Morgan fingerprint density at radius 1 is 1.38 bits per heavy atom. The number of methoxy groups -OCH3 is 1. The molecule has 0 radical (unpaired) electrons. The van der Waals surface area contributed by atoms with E-state index in [4.69, 9.17) is 16.3 Å². The number of nitrogens with zero attached hydrogens (tertiary/aromatic N) is 1. The molecule has 0 bridgehead atoms. The SMILES string of the molecule is CCNc1ncccc1C(=O)Nc1ccc(Cl)c(OC)c1. The highest BCUT2D eigenvalue weighted by atomic mass is 35.5. The molecule has 0 saturated heterocycles. The summed E-state index contributed by atoms with van der Waals surface area (Å²) in [6, 6.07) is 8.49. The minimum Gasteiger partial charge on any atom is -0.495 e. The van der Waals surface area contributed by atoms with E-state index in [1.54, 1.807) is 36.5 Å². The summed E-state index contributed by atoms with van der Waals surface area (Å²) in [5, 5.41) is 6.35. The highest BCUT2D eigenvalue weighted by Gasteiger charge is 2.12. The van der Waals surface area contributed by atoms with Gasteiger partial charge in [0.05, 0.1) is 17.7 Å². The third kappa shape index (κ3) is 3.64. The van der Waals surface area contributed by atoms with Gasteiger partial charge in [-0.05, 0) is 31.2 Å². The van der Waals surface area contributed by atoms with Crippen LogP contribution in [0.5, 0.6) is 5.75 Å². The molecule has 0 saturated carbocycles. The van der Waals surface area contributed by atoms with Crippen LogP contribution >= 0.6 is 11.6 Å². The fourth-order valence-electron chi connectivity index (χ4n) is 1.83. The second-order valence-electron chi connectivity index (χ2n) is 4.23. The summed E-state index contributed by atoms with van der Waals surface area (Å²) >= 11 is 5.96. The smallest absolute Gasteiger partial charge is 0.259 e. The molecule has 0 aliphatic rings. The number of pyridine rings is 1. The maximum absolute atomic E-state index is 12.3. The van der Waals surface area contributed by atoms with Gasteiger partial charge in [0.2, 0.25) is 0 Å². The van der Waals surface area contributed by atoms with Crippen molar-refractivity contribution in [3.05, 3.63) is 47.1 Å². The van der Waals surface area contributed by atoms with Crippen LogP contribution in [0.1, 0.15) is 17.3 Å². The number of hydrogen-bond donors (Lipinski definition) is 2. The van der Waals surface area contributed by atoms with E-state index >= 15 is 0 Å². The van der Waals surface area contributed by atoms with Crippen molar-refractivity contribution in [1.82, 2.24) is 4.98 Å². The standard InChI is InChI=1S/C15H16ClN3O2/c1-3-17-14-11(5-4-8-18-14)15(20)19-10-6-7-12(16)13(9-10)21-2/h4-9H,3H2,1-2H3,(H,17,18)(H,19,20). The zero-order valence-corrected chi connectivity index (χ0v) is 12.6. The molecule has 2 N–H and O–H groups in total. The van der Waals surface area contributed by atoms with Crippen LogP contribution in [0.2, 0.25) is 5.02 Å². The molecule has 21 heavy (non-hydrogen) atoms. The van der Waals surface area contributed by atoms with Crippen LogP contribution in [0.3, 0.4) is 0 Å². The Morgan fingerprint density at radius 2 is 2.19 bits per heavy atom. The predicted molar refractivity (Wildman–Crippen MR) is 84.4 cm³/mol. The summed E-state index contributed by atoms with van der Waals surface area (Å²) in [6.07, 6.45) is 1.64. The number of nitrogens with one attached hydrogen (secondary N) is 2. The van der Waals surface area contributed by atoms with E-state index in [0.29, 0.717) is 34.4 Å². The van der Waals surface area contributed by atoms with Crippen LogP contribution < -0.4 is 15.4 Å². The third-order valence-electron chi connectivity index (χ3n) is 2.81. The average Bonchev–Trinajstić information content (AvgIpc) is 2.50. The number of hydrogen-bond acceptors (Lipinski definition) is 4. The first-order valence-electron chi connectivity index (χ1n) is 6.49. The first kappa shape index (κ1) is 15.1. The van der Waals surface area contributed by atoms with Crippen LogP contribution in [0.15, 0.2) is 36.5 Å². The first-order valence-corrected chi connectivity index (χ1v) is 6.87. The molecule has 1 aromatic carbocycles. The average molecular weight is 306 g/mol. The van der Waals surface area contributed by atoms with E-state index in [9.17, 15) is 4.79 Å². The lowest BCUT2D eigenvalue weighted by Gasteiger charge is -2.11. The summed E-state index contributed by atoms with van der Waals surface area (Å²) < 4.78 is 5.13. The van der Waals surface area contributed by atoms with E-state index in [0.717, 1.165) is 0 Å². The van der Waals surface area contributed by atoms with Crippen molar-refractivity contribution in [2.24, 2.45) is 0 Å². The summed E-state index contributed by atoms with van der Waals surface area (Å²) in [5.74, 6) is 0.814. The van der Waals surface area contributed by atoms with E-state index < -0.39 is 0 Å². The number of amides is 1. The van der Waals surface area contributed by atoms with Crippen LogP contribution in [-0.2, 0) is 0 Å². The number of aromatic nitrogens is 1. The zero-order chi connectivity index (χ0) is 15.2. The van der Waals surface area contributed by atoms with E-state index in [1.165, 1.54) is 7.11 Å². The van der Waals surface area contributed by atoms with Crippen LogP contribution in [0.25, 0.3) is 0 Å². The largest absolute Gasteiger partial charge is 0.495 e. The van der Waals surface area contributed by atoms with Crippen LogP contribution in [-0.4, -0.2) is 24.5 Å². The number of anilines is 2. The van der Waals surface area contributed by atoms with Gasteiger partial charge >= 0.3 is 0 Å². The maximum Gasteiger partial charge on any atom is 0.259 e. The molecule has 0 spiro atoms. The van der Waals surface area contributed by atoms with Gasteiger partial charge in [-0.1, -0.05) is 11.6 Å². The highest BCUT2D eigenvalue weighted by molar-refractivity contribution is 6.32. The number of carbonyl (C=O) groups is 1. The molecule has 2 rings (SSSR count). The number of ether oxygens (including phenoxy) is 1. The molecule has 5 nitrogen and oxygen atoms in total. The molecule has 0 unspecified atom stereocenters. The van der Waals surface area contributed by atoms with Crippen molar-refractivity contribution in [2.45, 2.75) is 6.92 Å². The lowest BCUT2D eigenvalue weighted by molar-refractivity contribution is 0.102. The Hall–Kier alpha value is -2.27. The molecule has 0 fully saturated rings. The minimum absolute atomic E-state index is 0.247. The Kier molecular flexibility index (Phi) is 5.00. The van der Waals surface area contributed by atoms with Gasteiger partial charge < -0.3 is 15.4 Å². The fourth-order valence-corrected chi connectivity index (χ4v) is 2.03. The van der Waals surface area contributed by atoms with Crippen molar-refractivity contribution in [3.63, 3.8) is 0 Å². The number of rotatable bonds is 5. The molecule has 0 aliphatic heterocycles. The molecule has 2 aromatic rings. The third-order valence-corrected chi connectivity index (χ3v) is 3.12. The number of benzene rings is 1. The van der Waals surface area contributed by atoms with Crippen molar-refractivity contribution < 1.29 is 9.53 Å². The minimum atomic E-state index is -0.247. The molecule has 0 aliphatic carbocycles. The summed E-state index contributed by atoms with van der Waals surface area (Å²) in [7, 11) is 1.53. The Bertz CT molecular complexity index is 647. The second-order valence-corrected chi connectivity index (χ2v) is 4.64. The summed E-state index contributed by atoms with van der Waals surface area (Å²) in [6.45, 7) is 2.63. The lowest BCUT2D eigenvalue weighted by Crippen LogP contribution is -2.15. The van der Waals surface area contributed by atoms with Crippen molar-refractivity contribution in [3.8, 4) is 5.75 Å².